The molecule has 21 heavy (non-hydrogen) atoms. The SMILES string of the molecule is CNC(=O)CCN(C)C(=O)NCCn1cc(C(=O)O)nn1. The number of nitrogens with one attached hydrogen (secondary N) is 2. The molecule has 116 valence electrons. The van der Waals surface area contributed by atoms with Crippen molar-refractivity contribution in [2.75, 3.05) is 27.2 Å². The van der Waals surface area contributed by atoms with Crippen LogP contribution < -0.4 is 10.6 Å². The second-order valence-corrected chi connectivity index (χ2v) is 4.25. The zero-order valence-electron chi connectivity index (χ0n) is 11.9. The van der Waals surface area contributed by atoms with Gasteiger partial charge in [0.05, 0.1) is 12.7 Å². The largest absolute Gasteiger partial charge is 0.476 e. The fourth-order valence-electron chi connectivity index (χ4n) is 1.41. The van der Waals surface area contributed by atoms with E-state index in [1.807, 2.05) is 0 Å². The third kappa shape index (κ3) is 5.47. The Morgan fingerprint density at radius 2 is 2.14 bits per heavy atom. The van der Waals surface area contributed by atoms with E-state index in [-0.39, 0.29) is 30.6 Å². The number of aromatic carboxylic acids is 1. The summed E-state index contributed by atoms with van der Waals surface area (Å²) in [4.78, 5) is 34.8. The molecule has 10 nitrogen and oxygen atoms in total. The van der Waals surface area contributed by atoms with Gasteiger partial charge >= 0.3 is 12.0 Å². The predicted octanol–water partition coefficient (Wildman–Crippen LogP) is -1.25. The Balaban J connectivity index is 2.28. The van der Waals surface area contributed by atoms with Crippen molar-refractivity contribution in [3.05, 3.63) is 11.9 Å². The Hall–Kier alpha value is -2.65. The highest BCUT2D eigenvalue weighted by atomic mass is 16.4. The first-order chi connectivity index (χ1) is 9.93. The fourth-order valence-corrected chi connectivity index (χ4v) is 1.41. The van der Waals surface area contributed by atoms with Crippen LogP contribution in [0.25, 0.3) is 0 Å². The highest BCUT2D eigenvalue weighted by molar-refractivity contribution is 5.84. The number of carbonyl (C=O) groups excluding carboxylic acids is 2. The number of aromatic nitrogens is 3. The average molecular weight is 298 g/mol. The number of nitrogens with zero attached hydrogens (tertiary/aromatic N) is 4. The molecule has 0 aliphatic rings. The maximum absolute atomic E-state index is 11.7. The van der Waals surface area contributed by atoms with Crippen molar-refractivity contribution in [1.82, 2.24) is 30.5 Å². The molecular weight excluding hydrogens is 280 g/mol. The fraction of sp³-hybridized carbons (Fsp3) is 0.545. The van der Waals surface area contributed by atoms with Gasteiger partial charge in [-0.05, 0) is 0 Å². The van der Waals surface area contributed by atoms with Crippen LogP contribution >= 0.6 is 0 Å². The van der Waals surface area contributed by atoms with E-state index in [0.29, 0.717) is 13.1 Å². The lowest BCUT2D eigenvalue weighted by atomic mass is 10.4. The minimum atomic E-state index is -1.15. The molecule has 0 radical (unpaired) electrons. The Kier molecular flexibility index (Phi) is 6.11. The maximum atomic E-state index is 11.7. The molecule has 0 aliphatic carbocycles. The van der Waals surface area contributed by atoms with E-state index < -0.39 is 5.97 Å². The molecule has 0 atom stereocenters. The van der Waals surface area contributed by atoms with Crippen LogP contribution in [0.15, 0.2) is 6.20 Å². The van der Waals surface area contributed by atoms with E-state index in [1.165, 1.54) is 22.8 Å². The molecule has 1 rings (SSSR count). The van der Waals surface area contributed by atoms with E-state index in [2.05, 4.69) is 20.9 Å². The summed E-state index contributed by atoms with van der Waals surface area (Å²) in [6, 6.07) is -0.322. The third-order valence-corrected chi connectivity index (χ3v) is 2.67. The lowest BCUT2D eigenvalue weighted by molar-refractivity contribution is -0.120. The first-order valence-electron chi connectivity index (χ1n) is 6.27. The molecular formula is C11H18N6O4. The van der Waals surface area contributed by atoms with Crippen molar-refractivity contribution in [1.29, 1.82) is 0 Å². The molecule has 0 saturated heterocycles. The number of rotatable bonds is 7. The number of hydrogen-bond acceptors (Lipinski definition) is 5. The molecule has 10 heteroatoms. The predicted molar refractivity (Wildman–Crippen MR) is 71.7 cm³/mol. The second kappa shape index (κ2) is 7.82. The summed E-state index contributed by atoms with van der Waals surface area (Å²) < 4.78 is 1.33. The molecule has 0 unspecified atom stereocenters. The normalized spacial score (nSPS) is 10.0. The lowest BCUT2D eigenvalue weighted by Crippen LogP contribution is -2.40. The molecule has 1 heterocycles. The Morgan fingerprint density at radius 3 is 2.71 bits per heavy atom. The molecule has 0 bridgehead atoms. The van der Waals surface area contributed by atoms with E-state index in [9.17, 15) is 14.4 Å². The lowest BCUT2D eigenvalue weighted by Gasteiger charge is -2.17. The van der Waals surface area contributed by atoms with Crippen molar-refractivity contribution in [2.45, 2.75) is 13.0 Å². The number of carboxylic acids is 1. The standard InChI is InChI=1S/C11H18N6O4/c1-12-9(18)3-5-16(2)11(21)13-4-6-17-7-8(10(19)20)14-15-17/h7H,3-6H2,1-2H3,(H,12,18)(H,13,21)(H,19,20). The molecule has 1 aromatic rings. The van der Waals surface area contributed by atoms with Crippen LogP contribution in [0, 0.1) is 0 Å². The molecule has 0 spiro atoms. The summed E-state index contributed by atoms with van der Waals surface area (Å²) in [5.41, 5.74) is -0.149. The smallest absolute Gasteiger partial charge is 0.358 e. The van der Waals surface area contributed by atoms with Crippen molar-refractivity contribution >= 4 is 17.9 Å². The number of carboxylic acid groups (broad SMARTS) is 1. The Morgan fingerprint density at radius 1 is 1.43 bits per heavy atom. The molecule has 0 fully saturated rings. The summed E-state index contributed by atoms with van der Waals surface area (Å²) in [7, 11) is 3.11. The number of amides is 3. The van der Waals surface area contributed by atoms with Gasteiger partial charge in [0.2, 0.25) is 5.91 Å². The van der Waals surface area contributed by atoms with Gasteiger partial charge in [0.15, 0.2) is 5.69 Å². The molecule has 0 saturated carbocycles. The zero-order valence-corrected chi connectivity index (χ0v) is 11.9. The van der Waals surface area contributed by atoms with Gasteiger partial charge in [-0.3, -0.25) is 4.79 Å². The van der Waals surface area contributed by atoms with Gasteiger partial charge in [-0.15, -0.1) is 5.10 Å². The van der Waals surface area contributed by atoms with Crippen molar-refractivity contribution in [2.24, 2.45) is 0 Å². The van der Waals surface area contributed by atoms with Gasteiger partial charge in [-0.2, -0.15) is 0 Å². The van der Waals surface area contributed by atoms with Gasteiger partial charge in [-0.1, -0.05) is 5.21 Å². The summed E-state index contributed by atoms with van der Waals surface area (Å²) in [5.74, 6) is -1.29. The summed E-state index contributed by atoms with van der Waals surface area (Å²) in [6.45, 7) is 0.874. The first kappa shape index (κ1) is 16.4. The Labute approximate surface area is 121 Å². The van der Waals surface area contributed by atoms with Gasteiger partial charge < -0.3 is 20.6 Å². The second-order valence-electron chi connectivity index (χ2n) is 4.25. The minimum Gasteiger partial charge on any atom is -0.476 e. The van der Waals surface area contributed by atoms with Crippen molar-refractivity contribution < 1.29 is 19.5 Å². The van der Waals surface area contributed by atoms with Crippen LogP contribution in [0.2, 0.25) is 0 Å². The molecule has 1 aromatic heterocycles. The van der Waals surface area contributed by atoms with Gasteiger partial charge in [0, 0.05) is 33.6 Å². The minimum absolute atomic E-state index is 0.140. The van der Waals surface area contributed by atoms with Gasteiger partial charge in [0.1, 0.15) is 0 Å². The number of hydrogen-bond donors (Lipinski definition) is 3. The quantitative estimate of drug-likeness (QED) is 0.577. The van der Waals surface area contributed by atoms with Crippen LogP contribution in [0.1, 0.15) is 16.9 Å². The average Bonchev–Trinajstić information content (AvgIpc) is 2.93. The Bertz CT molecular complexity index is 515. The van der Waals surface area contributed by atoms with Crippen LogP contribution in [0.4, 0.5) is 4.79 Å². The highest BCUT2D eigenvalue weighted by Crippen LogP contribution is 1.93. The molecule has 0 aromatic carbocycles. The summed E-state index contributed by atoms with van der Waals surface area (Å²) in [6.07, 6.45) is 1.51. The summed E-state index contributed by atoms with van der Waals surface area (Å²) >= 11 is 0. The highest BCUT2D eigenvalue weighted by Gasteiger charge is 2.10. The van der Waals surface area contributed by atoms with Crippen LogP contribution in [-0.4, -0.2) is 70.1 Å². The van der Waals surface area contributed by atoms with Crippen molar-refractivity contribution in [3.8, 4) is 0 Å². The topological polar surface area (TPSA) is 129 Å². The maximum Gasteiger partial charge on any atom is 0.358 e. The molecule has 3 amide bonds. The monoisotopic (exact) mass is 298 g/mol. The van der Waals surface area contributed by atoms with E-state index in [0.717, 1.165) is 0 Å². The summed E-state index contributed by atoms with van der Waals surface area (Å²) in [5, 5.41) is 20.9. The number of carbonyl (C=O) groups is 3. The molecule has 0 aliphatic heterocycles. The first-order valence-corrected chi connectivity index (χ1v) is 6.27. The van der Waals surface area contributed by atoms with E-state index in [1.54, 1.807) is 7.05 Å². The van der Waals surface area contributed by atoms with Gasteiger partial charge in [-0.25, -0.2) is 14.3 Å². The zero-order chi connectivity index (χ0) is 15.8. The van der Waals surface area contributed by atoms with Crippen molar-refractivity contribution in [3.63, 3.8) is 0 Å². The molecule has 3 N–H and O–H groups in total. The van der Waals surface area contributed by atoms with E-state index >= 15 is 0 Å². The van der Waals surface area contributed by atoms with E-state index in [4.69, 9.17) is 5.11 Å². The third-order valence-electron chi connectivity index (χ3n) is 2.67. The number of urea groups is 1. The van der Waals surface area contributed by atoms with Crippen LogP contribution in [-0.2, 0) is 11.3 Å². The van der Waals surface area contributed by atoms with Crippen LogP contribution in [0.3, 0.4) is 0 Å². The van der Waals surface area contributed by atoms with Gasteiger partial charge in [0.25, 0.3) is 0 Å². The van der Waals surface area contributed by atoms with Crippen LogP contribution in [0.5, 0.6) is 0 Å².